The third-order valence-corrected chi connectivity index (χ3v) is 4.29. The Kier molecular flexibility index (Phi) is 5.07. The number of carbonyl (C=O) groups excluding carboxylic acids is 1. The van der Waals surface area contributed by atoms with Crippen LogP contribution in [0.25, 0.3) is 21.6 Å². The molecule has 0 aliphatic rings. The van der Waals surface area contributed by atoms with Gasteiger partial charge in [0.1, 0.15) is 11.7 Å². The molecule has 3 aromatic rings. The maximum absolute atomic E-state index is 13.6. The van der Waals surface area contributed by atoms with Crippen LogP contribution >= 0.6 is 0 Å². The molecule has 0 spiro atoms. The predicted octanol–water partition coefficient (Wildman–Crippen LogP) is 3.61. The van der Waals surface area contributed by atoms with Crippen molar-refractivity contribution in [1.82, 2.24) is 9.38 Å². The molecule has 2 heterocycles. The fourth-order valence-electron chi connectivity index (χ4n) is 2.98. The third-order valence-electron chi connectivity index (χ3n) is 4.29. The average molecular weight is 388 g/mol. The van der Waals surface area contributed by atoms with E-state index in [1.807, 2.05) is 0 Å². The van der Waals surface area contributed by atoms with Crippen LogP contribution in [0.4, 0.5) is 18.9 Å². The molecule has 0 aliphatic heterocycles. The summed E-state index contributed by atoms with van der Waals surface area (Å²) < 4.78 is 46.9. The van der Waals surface area contributed by atoms with Gasteiger partial charge in [0, 0.05) is 30.1 Å². The number of nitrogens with two attached hydrogens (primary N) is 1. The van der Waals surface area contributed by atoms with E-state index in [0.29, 0.717) is 5.69 Å². The van der Waals surface area contributed by atoms with E-state index in [9.17, 15) is 18.0 Å². The van der Waals surface area contributed by atoms with Gasteiger partial charge in [0.15, 0.2) is 5.69 Å². The molecule has 0 radical (unpaired) electrons. The lowest BCUT2D eigenvalue weighted by Crippen LogP contribution is -2.34. The van der Waals surface area contributed by atoms with E-state index < -0.39 is 23.8 Å². The van der Waals surface area contributed by atoms with Gasteiger partial charge in [-0.1, -0.05) is 12.1 Å². The van der Waals surface area contributed by atoms with Crippen molar-refractivity contribution in [3.8, 4) is 11.1 Å². The van der Waals surface area contributed by atoms with Crippen LogP contribution in [0.2, 0.25) is 0 Å². The van der Waals surface area contributed by atoms with Crippen molar-refractivity contribution in [3.05, 3.63) is 65.4 Å². The first-order chi connectivity index (χ1) is 13.3. The minimum atomic E-state index is -4.63. The molecule has 2 N–H and O–H groups in total. The summed E-state index contributed by atoms with van der Waals surface area (Å²) in [5.41, 5.74) is 5.84. The Labute approximate surface area is 158 Å². The number of esters is 1. The molecule has 0 unspecified atom stereocenters. The van der Waals surface area contributed by atoms with Gasteiger partial charge in [-0.05, 0) is 23.8 Å². The first-order valence-electron chi connectivity index (χ1n) is 8.13. The molecule has 3 rings (SSSR count). The van der Waals surface area contributed by atoms with Crippen LogP contribution in [0.15, 0.2) is 42.7 Å². The first kappa shape index (κ1) is 19.4. The lowest BCUT2D eigenvalue weighted by atomic mass is 9.98. The Morgan fingerprint density at radius 2 is 2.04 bits per heavy atom. The van der Waals surface area contributed by atoms with Crippen LogP contribution in [-0.2, 0) is 22.1 Å². The standard InChI is InChI=1S/C19H15F3N4O2/c1-24-11-3-5-13(15(9-11)19(20,21)22)14-6-4-12(10-16(23)18(27)28-2)26-8-7-25-17(14)26/h3-9,16H,10,23H2,2H3/t16-/m0/s1. The van der Waals surface area contributed by atoms with Gasteiger partial charge in [-0.15, -0.1) is 0 Å². The molecule has 1 atom stereocenters. The summed E-state index contributed by atoms with van der Waals surface area (Å²) in [7, 11) is 1.23. The number of ether oxygens (including phenoxy) is 1. The van der Waals surface area contributed by atoms with Gasteiger partial charge in [-0.25, -0.2) is 9.83 Å². The summed E-state index contributed by atoms with van der Waals surface area (Å²) in [6.45, 7) is 6.96. The fraction of sp³-hybridized carbons (Fsp3) is 0.211. The molecule has 1 aromatic carbocycles. The zero-order valence-corrected chi connectivity index (χ0v) is 14.7. The van der Waals surface area contributed by atoms with E-state index in [2.05, 4.69) is 14.6 Å². The molecule has 0 fully saturated rings. The number of benzene rings is 1. The number of methoxy groups -OCH3 is 1. The molecule has 0 saturated heterocycles. The van der Waals surface area contributed by atoms with E-state index in [1.54, 1.807) is 16.7 Å². The Bertz CT molecular complexity index is 1080. The van der Waals surface area contributed by atoms with Crippen molar-refractivity contribution < 1.29 is 22.7 Å². The molecular weight excluding hydrogens is 373 g/mol. The first-order valence-corrected chi connectivity index (χ1v) is 8.13. The van der Waals surface area contributed by atoms with E-state index in [-0.39, 0.29) is 28.9 Å². The zero-order chi connectivity index (χ0) is 20.5. The predicted molar refractivity (Wildman–Crippen MR) is 95.6 cm³/mol. The van der Waals surface area contributed by atoms with Crippen LogP contribution in [0.3, 0.4) is 0 Å². The molecule has 6 nitrogen and oxygen atoms in total. The maximum Gasteiger partial charge on any atom is 0.415 e. The normalized spacial score (nSPS) is 12.6. The smallest absolute Gasteiger partial charge is 0.415 e. The SMILES string of the molecule is [C-]#[N+]c1ccc(-c2ccc(C[C@H](N)C(=O)OC)n3ccnc23)c(C(F)(F)F)c1. The number of hydrogen-bond donors (Lipinski definition) is 1. The molecule has 28 heavy (non-hydrogen) atoms. The summed E-state index contributed by atoms with van der Waals surface area (Å²) in [5.74, 6) is -0.591. The molecule has 144 valence electrons. The monoisotopic (exact) mass is 388 g/mol. The van der Waals surface area contributed by atoms with E-state index in [1.165, 1.54) is 31.5 Å². The number of carbonyl (C=O) groups is 1. The quantitative estimate of drug-likeness (QED) is 0.547. The number of fused-ring (bicyclic) bond motifs is 1. The highest BCUT2D eigenvalue weighted by Crippen LogP contribution is 2.40. The van der Waals surface area contributed by atoms with Crippen LogP contribution in [0.5, 0.6) is 0 Å². The van der Waals surface area contributed by atoms with Crippen molar-refractivity contribution in [2.75, 3.05) is 7.11 Å². The number of pyridine rings is 1. The second-order valence-corrected chi connectivity index (χ2v) is 6.03. The van der Waals surface area contributed by atoms with Gasteiger partial charge < -0.3 is 14.9 Å². The van der Waals surface area contributed by atoms with Crippen molar-refractivity contribution in [1.29, 1.82) is 0 Å². The molecule has 0 aliphatic carbocycles. The highest BCUT2D eigenvalue weighted by atomic mass is 19.4. The van der Waals surface area contributed by atoms with Crippen LogP contribution in [0, 0.1) is 6.57 Å². The summed E-state index contributed by atoms with van der Waals surface area (Å²) in [4.78, 5) is 18.8. The minimum Gasteiger partial charge on any atom is -0.468 e. The summed E-state index contributed by atoms with van der Waals surface area (Å²) in [6, 6.07) is 5.60. The van der Waals surface area contributed by atoms with Crippen molar-refractivity contribution in [2.24, 2.45) is 5.73 Å². The fourth-order valence-corrected chi connectivity index (χ4v) is 2.98. The lowest BCUT2D eigenvalue weighted by molar-refractivity contribution is -0.142. The molecular formula is C19H15F3N4O2. The van der Waals surface area contributed by atoms with Crippen LogP contribution in [-0.4, -0.2) is 28.5 Å². The molecule has 0 saturated carbocycles. The number of rotatable bonds is 4. The molecule has 9 heteroatoms. The van der Waals surface area contributed by atoms with Gasteiger partial charge in [0.2, 0.25) is 0 Å². The van der Waals surface area contributed by atoms with Gasteiger partial charge in [-0.2, -0.15) is 13.2 Å². The summed E-state index contributed by atoms with van der Waals surface area (Å²) in [6.07, 6.45) is -1.47. The summed E-state index contributed by atoms with van der Waals surface area (Å²) >= 11 is 0. The average Bonchev–Trinajstić information content (AvgIpc) is 3.16. The van der Waals surface area contributed by atoms with E-state index >= 15 is 0 Å². The summed E-state index contributed by atoms with van der Waals surface area (Å²) in [5, 5.41) is 0. The van der Waals surface area contributed by atoms with Gasteiger partial charge >= 0.3 is 12.1 Å². The van der Waals surface area contributed by atoms with Crippen LogP contribution in [0.1, 0.15) is 11.3 Å². The van der Waals surface area contributed by atoms with Crippen molar-refractivity contribution >= 4 is 17.3 Å². The second-order valence-electron chi connectivity index (χ2n) is 6.03. The number of nitrogens with zero attached hydrogens (tertiary/aromatic N) is 3. The van der Waals surface area contributed by atoms with Crippen molar-refractivity contribution in [3.63, 3.8) is 0 Å². The van der Waals surface area contributed by atoms with Gasteiger partial charge in [0.25, 0.3) is 0 Å². The highest BCUT2D eigenvalue weighted by molar-refractivity contribution is 5.82. The number of imidazole rings is 1. The van der Waals surface area contributed by atoms with Gasteiger partial charge in [0.05, 0.1) is 19.2 Å². The van der Waals surface area contributed by atoms with E-state index in [4.69, 9.17) is 12.3 Å². The molecule has 0 amide bonds. The Morgan fingerprint density at radius 1 is 1.32 bits per heavy atom. The Hall–Kier alpha value is -3.38. The van der Waals surface area contributed by atoms with Crippen LogP contribution < -0.4 is 5.73 Å². The molecule has 0 bridgehead atoms. The zero-order valence-electron chi connectivity index (χ0n) is 14.7. The number of aromatic nitrogens is 2. The largest absolute Gasteiger partial charge is 0.468 e. The molecule has 2 aromatic heterocycles. The number of alkyl halides is 3. The van der Waals surface area contributed by atoms with E-state index in [0.717, 1.165) is 6.07 Å². The lowest BCUT2D eigenvalue weighted by Gasteiger charge is -2.16. The van der Waals surface area contributed by atoms with Gasteiger partial charge in [-0.3, -0.25) is 4.79 Å². The number of halogens is 3. The Morgan fingerprint density at radius 3 is 2.68 bits per heavy atom. The number of hydrogen-bond acceptors (Lipinski definition) is 4. The highest BCUT2D eigenvalue weighted by Gasteiger charge is 2.34. The topological polar surface area (TPSA) is 74.0 Å². The second kappa shape index (κ2) is 7.32. The minimum absolute atomic E-state index is 0.0834. The third kappa shape index (κ3) is 3.54. The Balaban J connectivity index is 2.15. The maximum atomic E-state index is 13.6. The van der Waals surface area contributed by atoms with Crippen molar-refractivity contribution in [2.45, 2.75) is 18.6 Å².